The van der Waals surface area contributed by atoms with Gasteiger partial charge in [0.1, 0.15) is 5.75 Å². The van der Waals surface area contributed by atoms with E-state index in [0.717, 1.165) is 25.9 Å². The highest BCUT2D eigenvalue weighted by Gasteiger charge is 2.18. The van der Waals surface area contributed by atoms with Gasteiger partial charge in [0.2, 0.25) is 0 Å². The Morgan fingerprint density at radius 3 is 2.33 bits per heavy atom. The number of phenolic OH excluding ortho intramolecular Hbond substituents is 1. The van der Waals surface area contributed by atoms with Gasteiger partial charge in [-0.2, -0.15) is 0 Å². The Balaban J connectivity index is 1.98. The van der Waals surface area contributed by atoms with Gasteiger partial charge in [-0.1, -0.05) is 0 Å². The number of rotatable bonds is 2. The van der Waals surface area contributed by atoms with Crippen LogP contribution in [0.2, 0.25) is 0 Å². The summed E-state index contributed by atoms with van der Waals surface area (Å²) in [4.78, 5) is 2.33. The predicted octanol–water partition coefficient (Wildman–Crippen LogP) is 2.01. The lowest BCUT2D eigenvalue weighted by atomic mass is 10.1. The summed E-state index contributed by atoms with van der Waals surface area (Å²) in [5.41, 5.74) is 1.18. The fourth-order valence-electron chi connectivity index (χ4n) is 2.01. The van der Waals surface area contributed by atoms with Crippen molar-refractivity contribution in [2.75, 3.05) is 25.1 Å². The van der Waals surface area contributed by atoms with Crippen LogP contribution in [0.5, 0.6) is 5.75 Å². The van der Waals surface area contributed by atoms with E-state index in [1.807, 2.05) is 12.1 Å². The fourth-order valence-corrected chi connectivity index (χ4v) is 2.01. The van der Waals surface area contributed by atoms with Crippen molar-refractivity contribution < 1.29 is 9.84 Å². The summed E-state index contributed by atoms with van der Waals surface area (Å²) in [7, 11) is 1.78. The van der Waals surface area contributed by atoms with Crippen LogP contribution in [-0.4, -0.2) is 31.4 Å². The molecule has 3 heteroatoms. The zero-order valence-corrected chi connectivity index (χ0v) is 9.02. The molecule has 3 nitrogen and oxygen atoms in total. The number of hydrogen-bond acceptors (Lipinski definition) is 3. The quantitative estimate of drug-likeness (QED) is 0.805. The Labute approximate surface area is 90.3 Å². The van der Waals surface area contributed by atoms with Crippen LogP contribution in [0.4, 0.5) is 5.69 Å². The number of hydrogen-bond donors (Lipinski definition) is 1. The summed E-state index contributed by atoms with van der Waals surface area (Å²) < 4.78 is 5.33. The van der Waals surface area contributed by atoms with Crippen LogP contribution in [0.1, 0.15) is 12.8 Å². The van der Waals surface area contributed by atoms with E-state index in [-0.39, 0.29) is 0 Å². The molecule has 1 aromatic carbocycles. The molecule has 0 bridgehead atoms. The lowest BCUT2D eigenvalue weighted by Gasteiger charge is -2.32. The van der Waals surface area contributed by atoms with E-state index in [9.17, 15) is 5.11 Å². The first-order valence-electron chi connectivity index (χ1n) is 5.36. The van der Waals surface area contributed by atoms with Gasteiger partial charge in [-0.3, -0.25) is 0 Å². The topological polar surface area (TPSA) is 32.7 Å². The molecule has 0 aromatic heterocycles. The SMILES string of the molecule is COC1CCN(c2ccc(O)cc2)CC1. The molecule has 1 aliphatic heterocycles. The Hall–Kier alpha value is -1.22. The van der Waals surface area contributed by atoms with E-state index in [2.05, 4.69) is 4.90 Å². The average Bonchev–Trinajstić information content (AvgIpc) is 2.30. The molecule has 1 aromatic rings. The molecule has 1 saturated heterocycles. The molecular weight excluding hydrogens is 190 g/mol. The summed E-state index contributed by atoms with van der Waals surface area (Å²) >= 11 is 0. The molecule has 82 valence electrons. The maximum absolute atomic E-state index is 9.20. The number of methoxy groups -OCH3 is 1. The van der Waals surface area contributed by atoms with Gasteiger partial charge in [0.25, 0.3) is 0 Å². The standard InChI is InChI=1S/C12H17NO2/c1-15-12-6-8-13(9-7-12)10-2-4-11(14)5-3-10/h2-5,12,14H,6-9H2,1H3. The van der Waals surface area contributed by atoms with E-state index in [1.54, 1.807) is 19.2 Å². The molecule has 0 unspecified atom stereocenters. The number of benzene rings is 1. The van der Waals surface area contributed by atoms with Gasteiger partial charge in [0, 0.05) is 25.9 Å². The van der Waals surface area contributed by atoms with Crippen molar-refractivity contribution in [3.63, 3.8) is 0 Å². The third-order valence-corrected chi connectivity index (χ3v) is 2.99. The number of anilines is 1. The summed E-state index contributed by atoms with van der Waals surface area (Å²) in [5.74, 6) is 0.325. The van der Waals surface area contributed by atoms with Crippen molar-refractivity contribution in [2.24, 2.45) is 0 Å². The van der Waals surface area contributed by atoms with Crippen LogP contribution >= 0.6 is 0 Å². The zero-order valence-electron chi connectivity index (χ0n) is 9.02. The molecule has 1 aliphatic rings. The highest BCUT2D eigenvalue weighted by atomic mass is 16.5. The molecule has 0 spiro atoms. The van der Waals surface area contributed by atoms with Gasteiger partial charge >= 0.3 is 0 Å². The zero-order chi connectivity index (χ0) is 10.7. The minimum absolute atomic E-state index is 0.325. The van der Waals surface area contributed by atoms with Crippen molar-refractivity contribution in [3.05, 3.63) is 24.3 Å². The lowest BCUT2D eigenvalue weighted by Crippen LogP contribution is -2.36. The summed E-state index contributed by atoms with van der Waals surface area (Å²) in [5, 5.41) is 9.20. The number of aromatic hydroxyl groups is 1. The summed E-state index contributed by atoms with van der Waals surface area (Å²) in [6.45, 7) is 2.06. The first-order chi connectivity index (χ1) is 7.29. The highest BCUT2D eigenvalue weighted by molar-refractivity contribution is 5.49. The monoisotopic (exact) mass is 207 g/mol. The normalized spacial score (nSPS) is 18.1. The molecule has 0 radical (unpaired) electrons. The third-order valence-electron chi connectivity index (χ3n) is 2.99. The third kappa shape index (κ3) is 2.42. The molecule has 15 heavy (non-hydrogen) atoms. The second kappa shape index (κ2) is 4.53. The average molecular weight is 207 g/mol. The fraction of sp³-hybridized carbons (Fsp3) is 0.500. The molecule has 1 fully saturated rings. The van der Waals surface area contributed by atoms with Crippen LogP contribution in [0, 0.1) is 0 Å². The van der Waals surface area contributed by atoms with E-state index >= 15 is 0 Å². The van der Waals surface area contributed by atoms with Gasteiger partial charge in [0.15, 0.2) is 0 Å². The van der Waals surface area contributed by atoms with Crippen LogP contribution in [0.3, 0.4) is 0 Å². The minimum atomic E-state index is 0.325. The van der Waals surface area contributed by atoms with Gasteiger partial charge < -0.3 is 14.7 Å². The Morgan fingerprint density at radius 1 is 1.20 bits per heavy atom. The Bertz CT molecular complexity index is 302. The van der Waals surface area contributed by atoms with Crippen LogP contribution in [-0.2, 0) is 4.74 Å². The number of phenols is 1. The molecule has 0 amide bonds. The maximum atomic E-state index is 9.20. The van der Waals surface area contributed by atoms with Crippen LogP contribution < -0.4 is 4.90 Å². The molecule has 1 N–H and O–H groups in total. The van der Waals surface area contributed by atoms with Crippen molar-refractivity contribution in [3.8, 4) is 5.75 Å². The van der Waals surface area contributed by atoms with Crippen molar-refractivity contribution in [1.29, 1.82) is 0 Å². The number of nitrogens with zero attached hydrogens (tertiary/aromatic N) is 1. The van der Waals surface area contributed by atoms with Gasteiger partial charge in [-0.25, -0.2) is 0 Å². The number of piperidine rings is 1. The molecule has 2 rings (SSSR count). The highest BCUT2D eigenvalue weighted by Crippen LogP contribution is 2.22. The largest absolute Gasteiger partial charge is 0.508 e. The molecule has 1 heterocycles. The van der Waals surface area contributed by atoms with Gasteiger partial charge in [-0.15, -0.1) is 0 Å². The van der Waals surface area contributed by atoms with E-state index in [0.29, 0.717) is 11.9 Å². The Morgan fingerprint density at radius 2 is 1.80 bits per heavy atom. The van der Waals surface area contributed by atoms with Crippen molar-refractivity contribution in [1.82, 2.24) is 0 Å². The second-order valence-electron chi connectivity index (χ2n) is 3.94. The van der Waals surface area contributed by atoms with Crippen LogP contribution in [0.25, 0.3) is 0 Å². The minimum Gasteiger partial charge on any atom is -0.508 e. The molecular formula is C12H17NO2. The number of ether oxygens (including phenoxy) is 1. The first-order valence-corrected chi connectivity index (χ1v) is 5.36. The molecule has 0 atom stereocenters. The second-order valence-corrected chi connectivity index (χ2v) is 3.94. The predicted molar refractivity (Wildman–Crippen MR) is 60.4 cm³/mol. The molecule has 0 saturated carbocycles. The van der Waals surface area contributed by atoms with Crippen LogP contribution in [0.15, 0.2) is 24.3 Å². The molecule has 0 aliphatic carbocycles. The maximum Gasteiger partial charge on any atom is 0.115 e. The summed E-state index contributed by atoms with van der Waals surface area (Å²) in [6, 6.07) is 7.39. The van der Waals surface area contributed by atoms with Crippen molar-refractivity contribution >= 4 is 5.69 Å². The Kier molecular flexibility index (Phi) is 3.11. The van der Waals surface area contributed by atoms with E-state index < -0.39 is 0 Å². The van der Waals surface area contributed by atoms with E-state index in [1.165, 1.54) is 5.69 Å². The van der Waals surface area contributed by atoms with Gasteiger partial charge in [-0.05, 0) is 37.1 Å². The first kappa shape index (κ1) is 10.3. The smallest absolute Gasteiger partial charge is 0.115 e. The van der Waals surface area contributed by atoms with E-state index in [4.69, 9.17) is 4.74 Å². The lowest BCUT2D eigenvalue weighted by molar-refractivity contribution is 0.0819. The van der Waals surface area contributed by atoms with Gasteiger partial charge in [0.05, 0.1) is 6.10 Å². The van der Waals surface area contributed by atoms with Crippen molar-refractivity contribution in [2.45, 2.75) is 18.9 Å². The summed E-state index contributed by atoms with van der Waals surface area (Å²) in [6.07, 6.45) is 2.58.